The Labute approximate surface area is 128 Å². The first-order chi connectivity index (χ1) is 9.87. The highest BCUT2D eigenvalue weighted by atomic mass is 32.2. The number of nitrogens with one attached hydrogen (secondary N) is 1. The average molecular weight is 332 g/mol. The van der Waals surface area contributed by atoms with Crippen LogP contribution in [0.15, 0.2) is 5.16 Å². The normalized spacial score (nSPS) is 20.6. The molecule has 7 nitrogen and oxygen atoms in total. The van der Waals surface area contributed by atoms with Crippen LogP contribution in [0.5, 0.6) is 0 Å². The van der Waals surface area contributed by atoms with Crippen LogP contribution in [-0.2, 0) is 28.1 Å². The zero-order valence-electron chi connectivity index (χ0n) is 12.2. The number of sulfone groups is 1. The van der Waals surface area contributed by atoms with Gasteiger partial charge in [0.25, 0.3) is 0 Å². The van der Waals surface area contributed by atoms with Gasteiger partial charge in [-0.3, -0.25) is 4.79 Å². The van der Waals surface area contributed by atoms with Crippen molar-refractivity contribution >= 4 is 27.5 Å². The van der Waals surface area contributed by atoms with E-state index >= 15 is 0 Å². The first kappa shape index (κ1) is 16.3. The lowest BCUT2D eigenvalue weighted by atomic mass is 10.1. The van der Waals surface area contributed by atoms with Gasteiger partial charge in [0.05, 0.1) is 11.5 Å². The fourth-order valence-electron chi connectivity index (χ4n) is 2.31. The van der Waals surface area contributed by atoms with Gasteiger partial charge < -0.3 is 9.88 Å². The average Bonchev–Trinajstić information content (AvgIpc) is 2.90. The largest absolute Gasteiger partial charge is 0.356 e. The lowest BCUT2D eigenvalue weighted by molar-refractivity contribution is -0.118. The van der Waals surface area contributed by atoms with E-state index in [1.54, 1.807) is 0 Å². The Bertz CT molecular complexity index is 612. The Morgan fingerprint density at radius 3 is 2.86 bits per heavy atom. The molecule has 2 rings (SSSR count). The highest BCUT2D eigenvalue weighted by Gasteiger charge is 2.29. The van der Waals surface area contributed by atoms with Gasteiger partial charge in [-0.2, -0.15) is 0 Å². The first-order valence-corrected chi connectivity index (χ1v) is 9.64. The molecule has 1 fully saturated rings. The van der Waals surface area contributed by atoms with Crippen molar-refractivity contribution < 1.29 is 13.2 Å². The van der Waals surface area contributed by atoms with Gasteiger partial charge in [0.1, 0.15) is 5.82 Å². The molecule has 1 aliphatic heterocycles. The van der Waals surface area contributed by atoms with Gasteiger partial charge in [-0.05, 0) is 12.3 Å². The molecule has 9 heteroatoms. The summed E-state index contributed by atoms with van der Waals surface area (Å²) in [5.41, 5.74) is 0. The molecule has 0 radical (unpaired) electrons. The second-order valence-corrected chi connectivity index (χ2v) is 8.55. The van der Waals surface area contributed by atoms with E-state index in [1.807, 2.05) is 11.6 Å². The van der Waals surface area contributed by atoms with E-state index < -0.39 is 9.84 Å². The summed E-state index contributed by atoms with van der Waals surface area (Å²) in [6, 6.07) is 0. The second kappa shape index (κ2) is 6.78. The molecule has 1 aliphatic rings. The summed E-state index contributed by atoms with van der Waals surface area (Å²) in [6.07, 6.45) is 1.36. The number of carbonyl (C=O) groups excluding carboxylic acids is 1. The molecule has 118 valence electrons. The fraction of sp³-hybridized carbons (Fsp3) is 0.750. The molecule has 1 aromatic rings. The van der Waals surface area contributed by atoms with E-state index in [-0.39, 0.29) is 23.3 Å². The number of carbonyl (C=O) groups is 1. The predicted octanol–water partition coefficient (Wildman–Crippen LogP) is 0.0205. The summed E-state index contributed by atoms with van der Waals surface area (Å²) in [5, 5.41) is 11.8. The molecule has 21 heavy (non-hydrogen) atoms. The van der Waals surface area contributed by atoms with Gasteiger partial charge in [0.2, 0.25) is 5.91 Å². The summed E-state index contributed by atoms with van der Waals surface area (Å²) in [4.78, 5) is 10.8. The minimum atomic E-state index is -2.85. The highest BCUT2D eigenvalue weighted by Crippen LogP contribution is 2.23. The van der Waals surface area contributed by atoms with Crippen LogP contribution in [0.4, 0.5) is 0 Å². The molecule has 0 spiro atoms. The van der Waals surface area contributed by atoms with Crippen molar-refractivity contribution in [2.45, 2.75) is 24.9 Å². The van der Waals surface area contributed by atoms with Crippen LogP contribution in [0, 0.1) is 5.92 Å². The lowest BCUT2D eigenvalue weighted by Gasteiger charge is -2.07. The number of hydrogen-bond donors (Lipinski definition) is 1. The van der Waals surface area contributed by atoms with Crippen molar-refractivity contribution in [2.24, 2.45) is 13.0 Å². The van der Waals surface area contributed by atoms with Crippen molar-refractivity contribution in [3.8, 4) is 0 Å². The van der Waals surface area contributed by atoms with E-state index in [0.29, 0.717) is 19.4 Å². The van der Waals surface area contributed by atoms with Crippen molar-refractivity contribution in [2.75, 3.05) is 23.8 Å². The van der Waals surface area contributed by atoms with Crippen LogP contribution >= 0.6 is 11.8 Å². The summed E-state index contributed by atoms with van der Waals surface area (Å²) in [6.45, 7) is 2.07. The zero-order valence-corrected chi connectivity index (χ0v) is 13.8. The molecule has 1 N–H and O–H groups in total. The Hall–Kier alpha value is -1.09. The fourth-order valence-corrected chi connectivity index (χ4v) is 4.96. The van der Waals surface area contributed by atoms with Crippen LogP contribution in [0.2, 0.25) is 0 Å². The van der Waals surface area contributed by atoms with Gasteiger partial charge >= 0.3 is 0 Å². The minimum absolute atomic E-state index is 0.0447. The Balaban J connectivity index is 1.87. The van der Waals surface area contributed by atoms with Crippen molar-refractivity contribution in [1.82, 2.24) is 20.1 Å². The molecule has 0 aliphatic carbocycles. The van der Waals surface area contributed by atoms with Crippen molar-refractivity contribution in [1.29, 1.82) is 0 Å². The van der Waals surface area contributed by atoms with Crippen LogP contribution in [-0.4, -0.2) is 52.9 Å². The molecule has 0 saturated carbocycles. The molecule has 1 aromatic heterocycles. The lowest BCUT2D eigenvalue weighted by Crippen LogP contribution is -2.22. The minimum Gasteiger partial charge on any atom is -0.356 e. The maximum absolute atomic E-state index is 11.5. The summed E-state index contributed by atoms with van der Waals surface area (Å²) < 4.78 is 24.8. The topological polar surface area (TPSA) is 94.0 Å². The first-order valence-electron chi connectivity index (χ1n) is 6.83. The van der Waals surface area contributed by atoms with Crippen molar-refractivity contribution in [3.63, 3.8) is 0 Å². The number of aromatic nitrogens is 3. The summed E-state index contributed by atoms with van der Waals surface area (Å²) >= 11 is 1.52. The van der Waals surface area contributed by atoms with Crippen molar-refractivity contribution in [3.05, 3.63) is 5.82 Å². The molecule has 0 bridgehead atoms. The van der Waals surface area contributed by atoms with Crippen LogP contribution in [0.25, 0.3) is 0 Å². The van der Waals surface area contributed by atoms with E-state index in [0.717, 1.165) is 16.7 Å². The smallest absolute Gasteiger partial charge is 0.216 e. The standard InChI is InChI=1S/C12H20N4O3S2/c1-9(17)13-4-5-20-12-15-14-11(16(12)2)7-10-3-6-21(18,19)8-10/h10H,3-8H2,1-2H3,(H,13,17)/t10-/m1/s1. The molecular weight excluding hydrogens is 312 g/mol. The third-order valence-electron chi connectivity index (χ3n) is 3.43. The monoisotopic (exact) mass is 332 g/mol. The maximum Gasteiger partial charge on any atom is 0.216 e. The molecule has 1 amide bonds. The third kappa shape index (κ3) is 4.70. The van der Waals surface area contributed by atoms with Crippen LogP contribution in [0.1, 0.15) is 19.2 Å². The van der Waals surface area contributed by atoms with E-state index in [1.165, 1.54) is 18.7 Å². The van der Waals surface area contributed by atoms with Gasteiger partial charge in [-0.1, -0.05) is 11.8 Å². The van der Waals surface area contributed by atoms with E-state index in [2.05, 4.69) is 15.5 Å². The summed E-state index contributed by atoms with van der Waals surface area (Å²) in [7, 11) is -0.962. The maximum atomic E-state index is 11.5. The SMILES string of the molecule is CC(=O)NCCSc1nnc(C[C@H]2CCS(=O)(=O)C2)n1C. The number of nitrogens with zero attached hydrogens (tertiary/aromatic N) is 3. The molecule has 0 unspecified atom stereocenters. The number of hydrogen-bond acceptors (Lipinski definition) is 6. The molecule has 0 aromatic carbocycles. The van der Waals surface area contributed by atoms with Gasteiger partial charge in [0, 0.05) is 32.7 Å². The quantitative estimate of drug-likeness (QED) is 0.583. The number of amides is 1. The highest BCUT2D eigenvalue weighted by molar-refractivity contribution is 7.99. The molecule has 2 heterocycles. The molecule has 1 atom stereocenters. The van der Waals surface area contributed by atoms with E-state index in [4.69, 9.17) is 0 Å². The summed E-state index contributed by atoms with van der Waals surface area (Å²) in [5.74, 6) is 2.19. The Morgan fingerprint density at radius 1 is 1.48 bits per heavy atom. The second-order valence-electron chi connectivity index (χ2n) is 5.26. The molecular formula is C12H20N4O3S2. The van der Waals surface area contributed by atoms with Crippen LogP contribution in [0.3, 0.4) is 0 Å². The zero-order chi connectivity index (χ0) is 15.5. The van der Waals surface area contributed by atoms with Gasteiger partial charge in [0.15, 0.2) is 15.0 Å². The number of thioether (sulfide) groups is 1. The number of rotatable bonds is 6. The predicted molar refractivity (Wildman–Crippen MR) is 80.9 cm³/mol. The van der Waals surface area contributed by atoms with Gasteiger partial charge in [-0.25, -0.2) is 8.42 Å². The van der Waals surface area contributed by atoms with Crippen LogP contribution < -0.4 is 5.32 Å². The Kier molecular flexibility index (Phi) is 5.26. The third-order valence-corrected chi connectivity index (χ3v) is 6.29. The molecule has 1 saturated heterocycles. The Morgan fingerprint density at radius 2 is 2.24 bits per heavy atom. The van der Waals surface area contributed by atoms with E-state index in [9.17, 15) is 13.2 Å². The van der Waals surface area contributed by atoms with Gasteiger partial charge in [-0.15, -0.1) is 10.2 Å².